The van der Waals surface area contributed by atoms with Gasteiger partial charge in [0, 0.05) is 5.69 Å². The Hall–Kier alpha value is -2.62. The van der Waals surface area contributed by atoms with Crippen LogP contribution in [0.25, 0.3) is 0 Å². The van der Waals surface area contributed by atoms with Crippen LogP contribution in [0.3, 0.4) is 0 Å². The van der Waals surface area contributed by atoms with Gasteiger partial charge in [0.25, 0.3) is 5.91 Å². The summed E-state index contributed by atoms with van der Waals surface area (Å²) >= 11 is 0. The summed E-state index contributed by atoms with van der Waals surface area (Å²) in [5.74, 6) is -0.346. The van der Waals surface area contributed by atoms with Gasteiger partial charge >= 0.3 is 0 Å². The van der Waals surface area contributed by atoms with Crippen molar-refractivity contribution in [1.82, 2.24) is 0 Å². The summed E-state index contributed by atoms with van der Waals surface area (Å²) in [6.45, 7) is 6.02. The molecule has 4 nitrogen and oxygen atoms in total. The Balaban J connectivity index is 1.80. The molecule has 124 valence electrons. The first-order valence-electron chi connectivity index (χ1n) is 8.29. The lowest BCUT2D eigenvalue weighted by Gasteiger charge is -2.18. The number of imide groups is 1. The summed E-state index contributed by atoms with van der Waals surface area (Å²) < 4.78 is 0. The quantitative estimate of drug-likeness (QED) is 0.875. The third kappa shape index (κ3) is 3.04. The van der Waals surface area contributed by atoms with E-state index in [4.69, 9.17) is 0 Å². The third-order valence-corrected chi connectivity index (χ3v) is 4.44. The van der Waals surface area contributed by atoms with Crippen molar-refractivity contribution in [3.05, 3.63) is 59.2 Å². The number of benzene rings is 2. The average Bonchev–Trinajstić information content (AvgIpc) is 2.83. The summed E-state index contributed by atoms with van der Waals surface area (Å²) in [7, 11) is 0. The Labute approximate surface area is 142 Å². The molecule has 0 saturated carbocycles. The molecule has 1 saturated heterocycles. The molecule has 3 rings (SSSR count). The highest BCUT2D eigenvalue weighted by atomic mass is 16.2. The van der Waals surface area contributed by atoms with Crippen LogP contribution in [0, 0.1) is 13.8 Å². The average molecular weight is 322 g/mol. The summed E-state index contributed by atoms with van der Waals surface area (Å²) in [6, 6.07) is 13.2. The highest BCUT2D eigenvalue weighted by molar-refractivity contribution is 6.23. The van der Waals surface area contributed by atoms with Gasteiger partial charge in [-0.25, -0.2) is 4.90 Å². The van der Waals surface area contributed by atoms with Gasteiger partial charge in [0.2, 0.25) is 5.91 Å². The number of nitrogens with zero attached hydrogens (tertiary/aromatic N) is 1. The van der Waals surface area contributed by atoms with E-state index in [-0.39, 0.29) is 18.2 Å². The fourth-order valence-corrected chi connectivity index (χ4v) is 3.09. The largest absolute Gasteiger partial charge is 0.373 e. The summed E-state index contributed by atoms with van der Waals surface area (Å²) in [6.07, 6.45) is 1.16. The molecule has 0 aromatic heterocycles. The molecule has 0 aliphatic carbocycles. The van der Waals surface area contributed by atoms with Crippen molar-refractivity contribution in [3.8, 4) is 0 Å². The van der Waals surface area contributed by atoms with E-state index in [0.717, 1.165) is 23.2 Å². The fraction of sp³-hybridized carbons (Fsp3) is 0.300. The predicted molar refractivity (Wildman–Crippen MR) is 96.3 cm³/mol. The fourth-order valence-electron chi connectivity index (χ4n) is 3.09. The number of carbonyl (C=O) groups is 2. The number of anilines is 2. The molecule has 1 atom stereocenters. The van der Waals surface area contributed by atoms with Gasteiger partial charge in [-0.2, -0.15) is 0 Å². The van der Waals surface area contributed by atoms with E-state index in [2.05, 4.69) is 12.2 Å². The first-order chi connectivity index (χ1) is 11.5. The van der Waals surface area contributed by atoms with Crippen LogP contribution in [0.15, 0.2) is 42.5 Å². The van der Waals surface area contributed by atoms with Crippen molar-refractivity contribution in [2.24, 2.45) is 0 Å². The van der Waals surface area contributed by atoms with E-state index < -0.39 is 6.04 Å². The summed E-state index contributed by atoms with van der Waals surface area (Å²) in [5, 5.41) is 3.19. The molecular formula is C20H22N2O2. The molecule has 2 aromatic carbocycles. The molecule has 0 bridgehead atoms. The Morgan fingerprint density at radius 2 is 1.79 bits per heavy atom. The van der Waals surface area contributed by atoms with Gasteiger partial charge in [-0.15, -0.1) is 0 Å². The van der Waals surface area contributed by atoms with E-state index in [1.807, 2.05) is 56.3 Å². The lowest BCUT2D eigenvalue weighted by molar-refractivity contribution is -0.121. The molecule has 0 unspecified atom stereocenters. The minimum atomic E-state index is -0.509. The molecule has 1 aliphatic heterocycles. The lowest BCUT2D eigenvalue weighted by Crippen LogP contribution is -2.35. The number of rotatable bonds is 4. The van der Waals surface area contributed by atoms with Crippen molar-refractivity contribution >= 4 is 23.2 Å². The van der Waals surface area contributed by atoms with Gasteiger partial charge in [-0.3, -0.25) is 9.59 Å². The second kappa shape index (κ2) is 6.48. The SMILES string of the molecule is CCc1ccc(N[C@@H]2CC(=O)N(c3ccc(C)cc3C)C2=O)cc1. The number of hydrogen-bond donors (Lipinski definition) is 1. The maximum atomic E-state index is 12.7. The highest BCUT2D eigenvalue weighted by Crippen LogP contribution is 2.28. The van der Waals surface area contributed by atoms with Crippen LogP contribution in [-0.2, 0) is 16.0 Å². The number of carbonyl (C=O) groups excluding carboxylic acids is 2. The molecule has 1 fully saturated rings. The zero-order valence-electron chi connectivity index (χ0n) is 14.3. The van der Waals surface area contributed by atoms with Gasteiger partial charge in [0.05, 0.1) is 12.1 Å². The maximum Gasteiger partial charge on any atom is 0.256 e. The zero-order valence-corrected chi connectivity index (χ0v) is 14.3. The van der Waals surface area contributed by atoms with Gasteiger partial charge < -0.3 is 5.32 Å². The molecule has 2 amide bonds. The van der Waals surface area contributed by atoms with Crippen molar-refractivity contribution < 1.29 is 9.59 Å². The normalized spacial score (nSPS) is 17.5. The molecule has 4 heteroatoms. The van der Waals surface area contributed by atoms with Gasteiger partial charge in [-0.1, -0.05) is 36.8 Å². The van der Waals surface area contributed by atoms with Crippen molar-refractivity contribution in [2.45, 2.75) is 39.7 Å². The van der Waals surface area contributed by atoms with E-state index in [0.29, 0.717) is 5.69 Å². The Morgan fingerprint density at radius 3 is 2.42 bits per heavy atom. The number of amides is 2. The monoisotopic (exact) mass is 322 g/mol. The smallest absolute Gasteiger partial charge is 0.256 e. The number of aryl methyl sites for hydroxylation is 3. The van der Waals surface area contributed by atoms with Crippen LogP contribution >= 0.6 is 0 Å². The second-order valence-electron chi connectivity index (χ2n) is 6.31. The molecule has 2 aromatic rings. The molecule has 1 heterocycles. The minimum absolute atomic E-state index is 0.158. The Bertz CT molecular complexity index is 781. The van der Waals surface area contributed by atoms with Crippen molar-refractivity contribution in [1.29, 1.82) is 0 Å². The van der Waals surface area contributed by atoms with Crippen LogP contribution in [0.4, 0.5) is 11.4 Å². The third-order valence-electron chi connectivity index (χ3n) is 4.44. The van der Waals surface area contributed by atoms with Crippen molar-refractivity contribution in [2.75, 3.05) is 10.2 Å². The molecule has 1 aliphatic rings. The standard InChI is InChI=1S/C20H22N2O2/c1-4-15-6-8-16(9-7-15)21-17-12-19(23)22(20(17)24)18-10-5-13(2)11-14(18)3/h5-11,17,21H,4,12H2,1-3H3/t17-/m1/s1. The van der Waals surface area contributed by atoms with E-state index >= 15 is 0 Å². The van der Waals surface area contributed by atoms with Gasteiger partial charge in [0.1, 0.15) is 6.04 Å². The molecular weight excluding hydrogens is 300 g/mol. The van der Waals surface area contributed by atoms with E-state index in [1.165, 1.54) is 10.5 Å². The van der Waals surface area contributed by atoms with Crippen LogP contribution < -0.4 is 10.2 Å². The van der Waals surface area contributed by atoms with Crippen LogP contribution in [0.1, 0.15) is 30.0 Å². The van der Waals surface area contributed by atoms with Crippen molar-refractivity contribution in [3.63, 3.8) is 0 Å². The Morgan fingerprint density at radius 1 is 1.08 bits per heavy atom. The van der Waals surface area contributed by atoms with E-state index in [1.54, 1.807) is 0 Å². The van der Waals surface area contributed by atoms with Gasteiger partial charge in [0.15, 0.2) is 0 Å². The topological polar surface area (TPSA) is 49.4 Å². The maximum absolute atomic E-state index is 12.7. The first-order valence-corrected chi connectivity index (χ1v) is 8.29. The first kappa shape index (κ1) is 16.2. The molecule has 1 N–H and O–H groups in total. The number of nitrogens with one attached hydrogen (secondary N) is 1. The van der Waals surface area contributed by atoms with E-state index in [9.17, 15) is 9.59 Å². The minimum Gasteiger partial charge on any atom is -0.373 e. The second-order valence-corrected chi connectivity index (χ2v) is 6.31. The summed E-state index contributed by atoms with van der Waals surface area (Å²) in [5.41, 5.74) is 4.83. The molecule has 0 spiro atoms. The van der Waals surface area contributed by atoms with Crippen LogP contribution in [0.5, 0.6) is 0 Å². The van der Waals surface area contributed by atoms with Crippen LogP contribution in [0.2, 0.25) is 0 Å². The zero-order chi connectivity index (χ0) is 17.3. The molecule has 0 radical (unpaired) electrons. The predicted octanol–water partition coefficient (Wildman–Crippen LogP) is 3.61. The number of hydrogen-bond acceptors (Lipinski definition) is 3. The van der Waals surface area contributed by atoms with Crippen LogP contribution in [-0.4, -0.2) is 17.9 Å². The lowest BCUT2D eigenvalue weighted by atomic mass is 10.1. The Kier molecular flexibility index (Phi) is 4.38. The summed E-state index contributed by atoms with van der Waals surface area (Å²) in [4.78, 5) is 26.4. The van der Waals surface area contributed by atoms with Gasteiger partial charge in [-0.05, 0) is 49.6 Å². The molecule has 24 heavy (non-hydrogen) atoms. The highest BCUT2D eigenvalue weighted by Gasteiger charge is 2.40.